The maximum Gasteiger partial charge on any atom is 0.113 e. The molecule has 5 nitrogen and oxygen atoms in total. The van der Waals surface area contributed by atoms with Crippen molar-refractivity contribution < 1.29 is 24.1 Å². The largest absolute Gasteiger partial charge is 0.390 e. The summed E-state index contributed by atoms with van der Waals surface area (Å²) in [6.07, 6.45) is -1.58. The molecule has 1 aliphatic rings. The van der Waals surface area contributed by atoms with Gasteiger partial charge in [-0.05, 0) is 28.7 Å². The van der Waals surface area contributed by atoms with Crippen LogP contribution >= 0.6 is 0 Å². The van der Waals surface area contributed by atoms with Gasteiger partial charge in [0.05, 0.1) is 45.2 Å². The molecular weight excluding hydrogens is 500 g/mol. The zero-order valence-electron chi connectivity index (χ0n) is 22.8. The van der Waals surface area contributed by atoms with E-state index in [9.17, 15) is 5.11 Å². The van der Waals surface area contributed by atoms with Crippen molar-refractivity contribution in [1.29, 1.82) is 0 Å². The maximum atomic E-state index is 11.4. The number of aliphatic hydroxyl groups excluding tert-OH is 1. The van der Waals surface area contributed by atoms with Gasteiger partial charge in [0.15, 0.2) is 0 Å². The monoisotopic (exact) mass is 538 g/mol. The van der Waals surface area contributed by atoms with Crippen LogP contribution in [0.25, 0.3) is 0 Å². The molecular formula is C35H38O5. The first-order valence-electron chi connectivity index (χ1n) is 14.0. The van der Waals surface area contributed by atoms with Crippen molar-refractivity contribution in [2.24, 2.45) is 5.92 Å². The molecule has 0 radical (unpaired) electrons. The van der Waals surface area contributed by atoms with Gasteiger partial charge in [-0.2, -0.15) is 0 Å². The zero-order chi connectivity index (χ0) is 27.4. The lowest BCUT2D eigenvalue weighted by atomic mass is 9.80. The summed E-state index contributed by atoms with van der Waals surface area (Å²) in [5.74, 6) is -0.0697. The molecule has 5 rings (SSSR count). The Morgan fingerprint density at radius 2 is 0.850 bits per heavy atom. The second-order valence-corrected chi connectivity index (χ2v) is 10.3. The molecule has 4 aromatic rings. The number of benzene rings is 4. The van der Waals surface area contributed by atoms with E-state index in [0.29, 0.717) is 39.5 Å². The summed E-state index contributed by atoms with van der Waals surface area (Å²) in [5, 5.41) is 11.4. The van der Waals surface area contributed by atoms with Crippen LogP contribution in [0.4, 0.5) is 0 Å². The van der Waals surface area contributed by atoms with Crippen LogP contribution in [0, 0.1) is 5.92 Å². The molecule has 5 unspecified atom stereocenters. The summed E-state index contributed by atoms with van der Waals surface area (Å²) in [6, 6.07) is 40.4. The molecule has 4 aromatic carbocycles. The normalized spacial score (nSPS) is 22.7. The number of ether oxygens (including phenoxy) is 4. The molecule has 208 valence electrons. The Kier molecular flexibility index (Phi) is 10.5. The topological polar surface area (TPSA) is 57.2 Å². The van der Waals surface area contributed by atoms with E-state index in [-0.39, 0.29) is 12.0 Å². The van der Waals surface area contributed by atoms with Gasteiger partial charge in [0, 0.05) is 5.92 Å². The third-order valence-corrected chi connectivity index (χ3v) is 7.33. The van der Waals surface area contributed by atoms with E-state index < -0.39 is 18.3 Å². The average molecular weight is 539 g/mol. The molecule has 5 atom stereocenters. The lowest BCUT2D eigenvalue weighted by Gasteiger charge is -2.44. The standard InChI is InChI=1S/C35H38O5/c36-32-21-31(26-37-22-27-13-5-1-6-14-27)33(38-23-28-15-7-2-8-16-28)35(40-25-30-19-11-4-12-20-30)34(32)39-24-29-17-9-3-10-18-29/h1-20,31-36H,21-26H2. The lowest BCUT2D eigenvalue weighted by Crippen LogP contribution is -2.57. The highest BCUT2D eigenvalue weighted by Gasteiger charge is 2.46. The average Bonchev–Trinajstić information content (AvgIpc) is 3.01. The van der Waals surface area contributed by atoms with E-state index in [1.54, 1.807) is 0 Å². The van der Waals surface area contributed by atoms with Crippen LogP contribution in [0.5, 0.6) is 0 Å². The molecule has 1 N–H and O–H groups in total. The molecule has 0 spiro atoms. The number of aliphatic hydroxyl groups is 1. The van der Waals surface area contributed by atoms with Crippen molar-refractivity contribution in [1.82, 2.24) is 0 Å². The van der Waals surface area contributed by atoms with Gasteiger partial charge >= 0.3 is 0 Å². The molecule has 1 aliphatic carbocycles. The molecule has 5 heteroatoms. The number of hydrogen-bond acceptors (Lipinski definition) is 5. The minimum Gasteiger partial charge on any atom is -0.390 e. The van der Waals surface area contributed by atoms with E-state index in [4.69, 9.17) is 18.9 Å². The molecule has 0 saturated heterocycles. The summed E-state index contributed by atoms with van der Waals surface area (Å²) < 4.78 is 25.8. The fourth-order valence-corrected chi connectivity index (χ4v) is 5.24. The Bertz CT molecular complexity index is 1240. The highest BCUT2D eigenvalue weighted by Crippen LogP contribution is 2.34. The molecule has 40 heavy (non-hydrogen) atoms. The SMILES string of the molecule is OC1CC(COCc2ccccc2)C(OCc2ccccc2)C(OCc2ccccc2)C1OCc1ccccc1. The fraction of sp³-hybridized carbons (Fsp3) is 0.314. The van der Waals surface area contributed by atoms with Crippen molar-refractivity contribution in [3.63, 3.8) is 0 Å². The summed E-state index contributed by atoms with van der Waals surface area (Å²) in [7, 11) is 0. The summed E-state index contributed by atoms with van der Waals surface area (Å²) >= 11 is 0. The number of rotatable bonds is 13. The second-order valence-electron chi connectivity index (χ2n) is 10.3. The third-order valence-electron chi connectivity index (χ3n) is 7.33. The Morgan fingerprint density at radius 1 is 0.475 bits per heavy atom. The van der Waals surface area contributed by atoms with Gasteiger partial charge in [-0.25, -0.2) is 0 Å². The maximum absolute atomic E-state index is 11.4. The van der Waals surface area contributed by atoms with E-state index in [2.05, 4.69) is 24.3 Å². The van der Waals surface area contributed by atoms with Gasteiger partial charge in [-0.1, -0.05) is 121 Å². The van der Waals surface area contributed by atoms with Crippen LogP contribution in [0.3, 0.4) is 0 Å². The summed E-state index contributed by atoms with van der Waals surface area (Å²) in [4.78, 5) is 0. The molecule has 0 bridgehead atoms. The lowest BCUT2D eigenvalue weighted by molar-refractivity contribution is -0.224. The van der Waals surface area contributed by atoms with Gasteiger partial charge in [-0.3, -0.25) is 0 Å². The van der Waals surface area contributed by atoms with Gasteiger partial charge in [0.25, 0.3) is 0 Å². The minimum atomic E-state index is -0.716. The molecule has 0 amide bonds. The van der Waals surface area contributed by atoms with Crippen molar-refractivity contribution in [2.45, 2.75) is 57.3 Å². The van der Waals surface area contributed by atoms with E-state index in [0.717, 1.165) is 22.3 Å². The van der Waals surface area contributed by atoms with Crippen LogP contribution < -0.4 is 0 Å². The van der Waals surface area contributed by atoms with E-state index in [1.807, 2.05) is 97.1 Å². The van der Waals surface area contributed by atoms with Gasteiger partial charge in [-0.15, -0.1) is 0 Å². The first-order valence-corrected chi connectivity index (χ1v) is 14.0. The van der Waals surface area contributed by atoms with Crippen molar-refractivity contribution in [3.8, 4) is 0 Å². The summed E-state index contributed by atoms with van der Waals surface area (Å²) in [5.41, 5.74) is 4.30. The fourth-order valence-electron chi connectivity index (χ4n) is 5.24. The van der Waals surface area contributed by atoms with Gasteiger partial charge in [0.1, 0.15) is 12.2 Å². The highest BCUT2D eigenvalue weighted by molar-refractivity contribution is 5.16. The third kappa shape index (κ3) is 8.10. The molecule has 1 saturated carbocycles. The first kappa shape index (κ1) is 28.2. The predicted octanol–water partition coefficient (Wildman–Crippen LogP) is 6.34. The molecule has 0 heterocycles. The summed E-state index contributed by atoms with van der Waals surface area (Å²) in [6.45, 7) is 2.16. The van der Waals surface area contributed by atoms with Crippen molar-refractivity contribution >= 4 is 0 Å². The van der Waals surface area contributed by atoms with Gasteiger partial charge in [0.2, 0.25) is 0 Å². The molecule has 0 aromatic heterocycles. The van der Waals surface area contributed by atoms with Crippen LogP contribution in [-0.2, 0) is 45.4 Å². The Labute approximate surface area is 237 Å². The molecule has 1 fully saturated rings. The quantitative estimate of drug-likeness (QED) is 0.215. The Hall–Kier alpha value is -3.32. The smallest absolute Gasteiger partial charge is 0.113 e. The Balaban J connectivity index is 1.36. The van der Waals surface area contributed by atoms with Crippen LogP contribution in [0.2, 0.25) is 0 Å². The first-order chi connectivity index (χ1) is 19.8. The molecule has 0 aliphatic heterocycles. The van der Waals surface area contributed by atoms with Crippen LogP contribution in [0.15, 0.2) is 121 Å². The zero-order valence-corrected chi connectivity index (χ0v) is 22.8. The van der Waals surface area contributed by atoms with E-state index in [1.165, 1.54) is 0 Å². The predicted molar refractivity (Wildman–Crippen MR) is 155 cm³/mol. The van der Waals surface area contributed by atoms with Crippen molar-refractivity contribution in [3.05, 3.63) is 144 Å². The minimum absolute atomic E-state index is 0.0697. The Morgan fingerprint density at radius 3 is 1.30 bits per heavy atom. The van der Waals surface area contributed by atoms with Crippen LogP contribution in [-0.4, -0.2) is 36.1 Å². The second kappa shape index (κ2) is 14.9. The highest BCUT2D eigenvalue weighted by atomic mass is 16.6. The van der Waals surface area contributed by atoms with E-state index >= 15 is 0 Å². The van der Waals surface area contributed by atoms with Crippen LogP contribution in [0.1, 0.15) is 28.7 Å². The van der Waals surface area contributed by atoms with Crippen molar-refractivity contribution in [2.75, 3.05) is 6.61 Å². The number of hydrogen-bond donors (Lipinski definition) is 1. The van der Waals surface area contributed by atoms with Gasteiger partial charge < -0.3 is 24.1 Å².